The Morgan fingerprint density at radius 2 is 1.47 bits per heavy atom. The molecule has 0 atom stereocenters. The van der Waals surface area contributed by atoms with Gasteiger partial charge in [0.25, 0.3) is 11.8 Å². The van der Waals surface area contributed by atoms with E-state index in [9.17, 15) is 14.0 Å². The fourth-order valence-corrected chi connectivity index (χ4v) is 2.83. The largest absolute Gasteiger partial charge is 0.497 e. The summed E-state index contributed by atoms with van der Waals surface area (Å²) in [5.74, 6) is -0.324. The highest BCUT2D eigenvalue weighted by Gasteiger charge is 2.10. The van der Waals surface area contributed by atoms with Crippen molar-refractivity contribution in [2.24, 2.45) is 5.10 Å². The van der Waals surface area contributed by atoms with Crippen LogP contribution < -0.4 is 20.2 Å². The molecular weight excluding hydrogens is 413 g/mol. The van der Waals surface area contributed by atoms with Crippen LogP contribution in [0.5, 0.6) is 11.5 Å². The Bertz CT molecular complexity index is 1140. The van der Waals surface area contributed by atoms with Crippen molar-refractivity contribution in [3.05, 3.63) is 89.2 Å². The molecule has 0 bridgehead atoms. The van der Waals surface area contributed by atoms with Gasteiger partial charge in [-0.3, -0.25) is 9.59 Å². The molecule has 0 unspecified atom stereocenters. The van der Waals surface area contributed by atoms with Crippen LogP contribution in [0.15, 0.2) is 71.8 Å². The van der Waals surface area contributed by atoms with E-state index in [1.54, 1.807) is 49.4 Å². The topological polar surface area (TPSA) is 89.0 Å². The molecule has 0 aromatic heterocycles. The van der Waals surface area contributed by atoms with Crippen LogP contribution in [0.4, 0.5) is 10.1 Å². The van der Waals surface area contributed by atoms with Gasteiger partial charge in [0, 0.05) is 22.9 Å². The van der Waals surface area contributed by atoms with Gasteiger partial charge in [-0.1, -0.05) is 18.2 Å². The van der Waals surface area contributed by atoms with Gasteiger partial charge in [-0.25, -0.2) is 9.82 Å². The zero-order valence-corrected chi connectivity index (χ0v) is 17.8. The number of nitrogens with zero attached hydrogens (tertiary/aromatic N) is 1. The van der Waals surface area contributed by atoms with Gasteiger partial charge in [0.1, 0.15) is 17.3 Å². The van der Waals surface area contributed by atoms with Gasteiger partial charge < -0.3 is 14.8 Å². The molecule has 7 nitrogen and oxygen atoms in total. The van der Waals surface area contributed by atoms with Crippen LogP contribution in [0.1, 0.15) is 33.2 Å². The lowest BCUT2D eigenvalue weighted by atomic mass is 10.1. The van der Waals surface area contributed by atoms with Crippen molar-refractivity contribution in [2.45, 2.75) is 6.92 Å². The summed E-state index contributed by atoms with van der Waals surface area (Å²) in [5.41, 5.74) is 4.93. The highest BCUT2D eigenvalue weighted by molar-refractivity contribution is 6.05. The molecule has 3 aromatic rings. The average Bonchev–Trinajstić information content (AvgIpc) is 2.82. The lowest BCUT2D eigenvalue weighted by Crippen LogP contribution is -2.19. The standard InChI is InChI=1S/C24H22FN3O4/c1-15(27-28-24(30)18-12-21(31-2)14-22(13-18)32-3)16-7-9-20(10-8-16)26-23(29)17-5-4-6-19(25)11-17/h4-14H,1-3H3,(H,26,29)(H,28,30)/b27-15-. The number of methoxy groups -OCH3 is 2. The van der Waals surface area contributed by atoms with E-state index in [0.717, 1.165) is 5.56 Å². The molecule has 0 heterocycles. The Balaban J connectivity index is 1.65. The molecular formula is C24H22FN3O4. The molecule has 32 heavy (non-hydrogen) atoms. The number of nitrogens with one attached hydrogen (secondary N) is 2. The van der Waals surface area contributed by atoms with Crippen LogP contribution in [-0.2, 0) is 0 Å². The van der Waals surface area contributed by atoms with E-state index in [0.29, 0.717) is 28.5 Å². The first-order valence-corrected chi connectivity index (χ1v) is 9.64. The zero-order valence-electron chi connectivity index (χ0n) is 17.8. The minimum absolute atomic E-state index is 0.226. The second-order valence-corrected chi connectivity index (χ2v) is 6.78. The Morgan fingerprint density at radius 3 is 2.06 bits per heavy atom. The molecule has 3 aromatic carbocycles. The quantitative estimate of drug-likeness (QED) is 0.429. The van der Waals surface area contributed by atoms with Gasteiger partial charge in [-0.15, -0.1) is 0 Å². The van der Waals surface area contributed by atoms with E-state index in [1.807, 2.05) is 0 Å². The molecule has 0 radical (unpaired) electrons. The van der Waals surface area contributed by atoms with Crippen LogP contribution >= 0.6 is 0 Å². The van der Waals surface area contributed by atoms with Gasteiger partial charge in [0.15, 0.2) is 0 Å². The summed E-state index contributed by atoms with van der Waals surface area (Å²) in [6.07, 6.45) is 0. The van der Waals surface area contributed by atoms with Gasteiger partial charge in [-0.05, 0) is 55.0 Å². The number of rotatable bonds is 7. The molecule has 2 amide bonds. The number of hydrogen-bond acceptors (Lipinski definition) is 5. The maximum Gasteiger partial charge on any atom is 0.271 e. The van der Waals surface area contributed by atoms with Crippen molar-refractivity contribution >= 4 is 23.2 Å². The first-order valence-electron chi connectivity index (χ1n) is 9.64. The molecule has 0 spiro atoms. The first kappa shape index (κ1) is 22.5. The number of amides is 2. The second-order valence-electron chi connectivity index (χ2n) is 6.78. The van der Waals surface area contributed by atoms with Crippen LogP contribution in [0.3, 0.4) is 0 Å². The maximum absolute atomic E-state index is 13.3. The summed E-state index contributed by atoms with van der Waals surface area (Å²) < 4.78 is 23.6. The van der Waals surface area contributed by atoms with Crippen molar-refractivity contribution in [3.8, 4) is 11.5 Å². The zero-order chi connectivity index (χ0) is 23.1. The molecule has 3 rings (SSSR count). The fraction of sp³-hybridized carbons (Fsp3) is 0.125. The fourth-order valence-electron chi connectivity index (χ4n) is 2.83. The molecule has 0 saturated heterocycles. The third kappa shape index (κ3) is 5.69. The van der Waals surface area contributed by atoms with E-state index in [1.165, 1.54) is 38.5 Å². The minimum Gasteiger partial charge on any atom is -0.497 e. The number of halogens is 1. The number of carbonyl (C=O) groups is 2. The van der Waals surface area contributed by atoms with Gasteiger partial charge in [0.05, 0.1) is 19.9 Å². The molecule has 0 fully saturated rings. The highest BCUT2D eigenvalue weighted by Crippen LogP contribution is 2.22. The van der Waals surface area contributed by atoms with E-state index in [2.05, 4.69) is 15.8 Å². The monoisotopic (exact) mass is 435 g/mol. The summed E-state index contributed by atoms with van der Waals surface area (Å²) in [7, 11) is 3.01. The van der Waals surface area contributed by atoms with Crippen LogP contribution in [0.25, 0.3) is 0 Å². The van der Waals surface area contributed by atoms with Gasteiger partial charge in [-0.2, -0.15) is 5.10 Å². The number of hydrogen-bond donors (Lipinski definition) is 2. The molecule has 164 valence electrons. The molecule has 0 saturated carbocycles. The van der Waals surface area contributed by atoms with E-state index in [-0.39, 0.29) is 5.56 Å². The summed E-state index contributed by atoms with van der Waals surface area (Å²) in [4.78, 5) is 24.7. The summed E-state index contributed by atoms with van der Waals surface area (Å²) in [6.45, 7) is 1.74. The van der Waals surface area contributed by atoms with Crippen molar-refractivity contribution in [3.63, 3.8) is 0 Å². The molecule has 0 aliphatic rings. The minimum atomic E-state index is -0.478. The molecule has 2 N–H and O–H groups in total. The van der Waals surface area contributed by atoms with Crippen molar-refractivity contribution < 1.29 is 23.5 Å². The van der Waals surface area contributed by atoms with Crippen molar-refractivity contribution in [1.29, 1.82) is 0 Å². The summed E-state index contributed by atoms with van der Waals surface area (Å²) in [5, 5.41) is 6.84. The molecule has 8 heteroatoms. The Labute approximate surface area is 184 Å². The number of anilines is 1. The Hall–Kier alpha value is -4.20. The SMILES string of the molecule is COc1cc(OC)cc(C(=O)N/N=C(/C)c2ccc(NC(=O)c3cccc(F)c3)cc2)c1. The van der Waals surface area contributed by atoms with Crippen molar-refractivity contribution in [1.82, 2.24) is 5.43 Å². The van der Waals surface area contributed by atoms with Gasteiger partial charge >= 0.3 is 0 Å². The van der Waals surface area contributed by atoms with E-state index in [4.69, 9.17) is 9.47 Å². The predicted molar refractivity (Wildman–Crippen MR) is 120 cm³/mol. The normalized spacial score (nSPS) is 10.9. The maximum atomic E-state index is 13.3. The van der Waals surface area contributed by atoms with E-state index >= 15 is 0 Å². The number of carbonyl (C=O) groups excluding carboxylic acids is 2. The smallest absolute Gasteiger partial charge is 0.271 e. The lowest BCUT2D eigenvalue weighted by molar-refractivity contribution is 0.0953. The van der Waals surface area contributed by atoms with E-state index < -0.39 is 17.6 Å². The highest BCUT2D eigenvalue weighted by atomic mass is 19.1. The third-order valence-electron chi connectivity index (χ3n) is 4.59. The van der Waals surface area contributed by atoms with Crippen LogP contribution in [0.2, 0.25) is 0 Å². The number of hydrazone groups is 1. The van der Waals surface area contributed by atoms with Crippen LogP contribution in [-0.4, -0.2) is 31.7 Å². The Morgan fingerprint density at radius 1 is 0.812 bits per heavy atom. The Kier molecular flexibility index (Phi) is 7.17. The summed E-state index contributed by atoms with van der Waals surface area (Å²) in [6, 6.07) is 17.2. The van der Waals surface area contributed by atoms with Gasteiger partial charge in [0.2, 0.25) is 0 Å². The second kappa shape index (κ2) is 10.2. The third-order valence-corrected chi connectivity index (χ3v) is 4.59. The van der Waals surface area contributed by atoms with Crippen molar-refractivity contribution in [2.75, 3.05) is 19.5 Å². The first-order chi connectivity index (χ1) is 15.4. The predicted octanol–water partition coefficient (Wildman–Crippen LogP) is 4.25. The molecule has 0 aliphatic heterocycles. The molecule has 0 aliphatic carbocycles. The van der Waals surface area contributed by atoms with Crippen LogP contribution in [0, 0.1) is 5.82 Å². The summed E-state index contributed by atoms with van der Waals surface area (Å²) >= 11 is 0. The lowest BCUT2D eigenvalue weighted by Gasteiger charge is -2.09. The average molecular weight is 435 g/mol. The number of benzene rings is 3. The number of ether oxygens (including phenoxy) is 2.